The van der Waals surface area contributed by atoms with Gasteiger partial charge in [-0.2, -0.15) is 0 Å². The Balaban J connectivity index is 2.75. The molecule has 0 saturated carbocycles. The SMILES string of the molecule is CC1=C(C)C(C)(c2ccc(C(=N)N)c(C)c2C)C(C)=C1C. The molecule has 112 valence electrons. The molecule has 0 unspecified atom stereocenters. The molecule has 0 heterocycles. The molecule has 0 aromatic heterocycles. The van der Waals surface area contributed by atoms with E-state index in [2.05, 4.69) is 54.5 Å². The largest absolute Gasteiger partial charge is 0.384 e. The van der Waals surface area contributed by atoms with E-state index >= 15 is 0 Å². The normalized spacial score (nSPS) is 17.7. The highest BCUT2D eigenvalue weighted by Gasteiger charge is 2.38. The van der Waals surface area contributed by atoms with Crippen LogP contribution in [0.15, 0.2) is 34.4 Å². The minimum Gasteiger partial charge on any atom is -0.384 e. The lowest BCUT2D eigenvalue weighted by Crippen LogP contribution is -2.25. The number of benzene rings is 1. The van der Waals surface area contributed by atoms with Crippen LogP contribution in [-0.4, -0.2) is 5.84 Å². The van der Waals surface area contributed by atoms with Crippen molar-refractivity contribution in [3.05, 3.63) is 56.7 Å². The molecule has 2 rings (SSSR count). The molecule has 0 atom stereocenters. The van der Waals surface area contributed by atoms with Crippen LogP contribution in [0.25, 0.3) is 0 Å². The van der Waals surface area contributed by atoms with Gasteiger partial charge in [0.2, 0.25) is 0 Å². The van der Waals surface area contributed by atoms with Gasteiger partial charge in [0, 0.05) is 11.0 Å². The predicted molar refractivity (Wildman–Crippen MR) is 91.0 cm³/mol. The minimum atomic E-state index is -0.0433. The predicted octanol–water partition coefficient (Wildman–Crippen LogP) is 4.53. The first-order valence-electron chi connectivity index (χ1n) is 7.45. The first kappa shape index (κ1) is 15.6. The van der Waals surface area contributed by atoms with Gasteiger partial charge in [0.15, 0.2) is 0 Å². The fraction of sp³-hybridized carbons (Fsp3) is 0.421. The Labute approximate surface area is 128 Å². The summed E-state index contributed by atoms with van der Waals surface area (Å²) in [6.45, 7) is 15.4. The summed E-state index contributed by atoms with van der Waals surface area (Å²) in [5, 5.41) is 7.70. The molecular weight excluding hydrogens is 256 g/mol. The van der Waals surface area contributed by atoms with Crippen molar-refractivity contribution in [2.45, 2.75) is 53.9 Å². The van der Waals surface area contributed by atoms with Crippen LogP contribution in [0, 0.1) is 19.3 Å². The molecule has 0 amide bonds. The van der Waals surface area contributed by atoms with Crippen molar-refractivity contribution in [3.8, 4) is 0 Å². The van der Waals surface area contributed by atoms with Gasteiger partial charge in [0.25, 0.3) is 0 Å². The molecule has 3 N–H and O–H groups in total. The van der Waals surface area contributed by atoms with Gasteiger partial charge in [-0.05, 0) is 76.3 Å². The van der Waals surface area contributed by atoms with Gasteiger partial charge in [-0.3, -0.25) is 5.41 Å². The molecule has 21 heavy (non-hydrogen) atoms. The van der Waals surface area contributed by atoms with Crippen molar-refractivity contribution in [1.29, 1.82) is 5.41 Å². The van der Waals surface area contributed by atoms with Crippen LogP contribution < -0.4 is 5.73 Å². The van der Waals surface area contributed by atoms with Crippen LogP contribution in [0.1, 0.15) is 56.9 Å². The molecule has 0 spiro atoms. The summed E-state index contributed by atoms with van der Waals surface area (Å²) in [6.07, 6.45) is 0. The molecule has 1 aromatic carbocycles. The van der Waals surface area contributed by atoms with E-state index in [9.17, 15) is 0 Å². The number of rotatable bonds is 2. The Morgan fingerprint density at radius 3 is 1.81 bits per heavy atom. The number of hydrogen-bond acceptors (Lipinski definition) is 1. The van der Waals surface area contributed by atoms with Crippen molar-refractivity contribution in [2.75, 3.05) is 0 Å². The summed E-state index contributed by atoms with van der Waals surface area (Å²) in [5.74, 6) is 0.144. The van der Waals surface area contributed by atoms with E-state index in [4.69, 9.17) is 11.1 Å². The van der Waals surface area contributed by atoms with Crippen molar-refractivity contribution in [3.63, 3.8) is 0 Å². The lowest BCUT2D eigenvalue weighted by molar-refractivity contribution is 0.660. The number of nitrogens with one attached hydrogen (secondary N) is 1. The van der Waals surface area contributed by atoms with E-state index in [1.807, 2.05) is 6.07 Å². The van der Waals surface area contributed by atoms with Crippen molar-refractivity contribution < 1.29 is 0 Å². The molecule has 0 fully saturated rings. The van der Waals surface area contributed by atoms with Crippen molar-refractivity contribution >= 4 is 5.84 Å². The van der Waals surface area contributed by atoms with Crippen molar-refractivity contribution in [2.24, 2.45) is 5.73 Å². The van der Waals surface area contributed by atoms with Gasteiger partial charge in [0.1, 0.15) is 5.84 Å². The summed E-state index contributed by atoms with van der Waals surface area (Å²) in [5.41, 5.74) is 15.8. The molecule has 0 radical (unpaired) electrons. The molecule has 1 aliphatic rings. The summed E-state index contributed by atoms with van der Waals surface area (Å²) < 4.78 is 0. The van der Waals surface area contributed by atoms with Gasteiger partial charge in [-0.15, -0.1) is 0 Å². The van der Waals surface area contributed by atoms with Gasteiger partial charge in [0.05, 0.1) is 0 Å². The molecule has 2 heteroatoms. The van der Waals surface area contributed by atoms with Gasteiger partial charge < -0.3 is 5.73 Å². The Morgan fingerprint density at radius 1 is 0.905 bits per heavy atom. The fourth-order valence-electron chi connectivity index (χ4n) is 3.65. The fourth-order valence-corrected chi connectivity index (χ4v) is 3.65. The third-order valence-corrected chi connectivity index (χ3v) is 5.80. The smallest absolute Gasteiger partial charge is 0.123 e. The quantitative estimate of drug-likeness (QED) is 0.607. The summed E-state index contributed by atoms with van der Waals surface area (Å²) in [7, 11) is 0. The molecule has 1 aromatic rings. The van der Waals surface area contributed by atoms with Crippen LogP contribution in [0.2, 0.25) is 0 Å². The molecular formula is C19H26N2. The maximum absolute atomic E-state index is 7.70. The van der Waals surface area contributed by atoms with Crippen LogP contribution in [-0.2, 0) is 5.41 Å². The third kappa shape index (κ3) is 1.97. The highest BCUT2D eigenvalue weighted by molar-refractivity contribution is 5.96. The highest BCUT2D eigenvalue weighted by atomic mass is 14.7. The number of amidine groups is 1. The van der Waals surface area contributed by atoms with Gasteiger partial charge >= 0.3 is 0 Å². The number of hydrogen-bond donors (Lipinski definition) is 2. The summed E-state index contributed by atoms with van der Waals surface area (Å²) in [6, 6.07) is 4.15. The van der Waals surface area contributed by atoms with E-state index in [-0.39, 0.29) is 11.3 Å². The second-order valence-corrected chi connectivity index (χ2v) is 6.45. The van der Waals surface area contributed by atoms with Gasteiger partial charge in [-0.25, -0.2) is 0 Å². The Bertz CT molecular complexity index is 679. The summed E-state index contributed by atoms with van der Waals surface area (Å²) in [4.78, 5) is 0. The molecule has 1 aliphatic carbocycles. The topological polar surface area (TPSA) is 49.9 Å². The monoisotopic (exact) mass is 282 g/mol. The number of nitrogens with two attached hydrogens (primary N) is 1. The maximum atomic E-state index is 7.70. The van der Waals surface area contributed by atoms with E-state index < -0.39 is 0 Å². The number of nitrogen functional groups attached to an aromatic ring is 1. The van der Waals surface area contributed by atoms with Crippen LogP contribution in [0.5, 0.6) is 0 Å². The Morgan fingerprint density at radius 2 is 1.38 bits per heavy atom. The van der Waals surface area contributed by atoms with E-state index in [0.717, 1.165) is 11.1 Å². The minimum absolute atomic E-state index is 0.0433. The van der Waals surface area contributed by atoms with Crippen LogP contribution in [0.3, 0.4) is 0 Å². The first-order valence-corrected chi connectivity index (χ1v) is 7.45. The lowest BCUT2D eigenvalue weighted by Gasteiger charge is -2.32. The van der Waals surface area contributed by atoms with E-state index in [0.29, 0.717) is 0 Å². The second kappa shape index (κ2) is 4.87. The van der Waals surface area contributed by atoms with Gasteiger partial charge in [-0.1, -0.05) is 23.3 Å². The zero-order valence-electron chi connectivity index (χ0n) is 14.2. The second-order valence-electron chi connectivity index (χ2n) is 6.45. The molecule has 2 nitrogen and oxygen atoms in total. The molecule has 0 bridgehead atoms. The Kier molecular flexibility index (Phi) is 3.61. The summed E-state index contributed by atoms with van der Waals surface area (Å²) >= 11 is 0. The molecule has 0 aliphatic heterocycles. The van der Waals surface area contributed by atoms with E-state index in [1.54, 1.807) is 0 Å². The first-order chi connectivity index (χ1) is 9.63. The zero-order valence-corrected chi connectivity index (χ0v) is 14.2. The van der Waals surface area contributed by atoms with Crippen LogP contribution >= 0.6 is 0 Å². The highest BCUT2D eigenvalue weighted by Crippen LogP contribution is 2.49. The Hall–Kier alpha value is -1.83. The maximum Gasteiger partial charge on any atom is 0.123 e. The third-order valence-electron chi connectivity index (χ3n) is 5.80. The van der Waals surface area contributed by atoms with Crippen molar-refractivity contribution in [1.82, 2.24) is 0 Å². The standard InChI is InChI=1S/C19H26N2/c1-10-11(2)15(6)19(7,14(10)5)17-9-8-16(18(20)21)12(3)13(17)4/h8-9H,1-7H3,(H3,20,21). The number of allylic oxidation sites excluding steroid dienone is 4. The molecule has 0 saturated heterocycles. The van der Waals surface area contributed by atoms with Crippen LogP contribution in [0.4, 0.5) is 0 Å². The lowest BCUT2D eigenvalue weighted by atomic mass is 9.71. The average Bonchev–Trinajstić information content (AvgIpc) is 2.58. The van der Waals surface area contributed by atoms with E-state index in [1.165, 1.54) is 33.4 Å². The average molecular weight is 282 g/mol. The zero-order chi connectivity index (χ0) is 16.1.